The van der Waals surface area contributed by atoms with E-state index in [1.54, 1.807) is 22.8 Å². The minimum Gasteiger partial charge on any atom is -0.492 e. The fourth-order valence-electron chi connectivity index (χ4n) is 2.88. The molecule has 0 atom stereocenters. The SMILES string of the molecule is CCCCOc1ccc(C)nc1Cn1c(C(N)=O)nc2ccc(C=O)cc21. The first-order chi connectivity index (χ1) is 13.0. The number of nitrogens with zero attached hydrogens (tertiary/aromatic N) is 3. The lowest BCUT2D eigenvalue weighted by Crippen LogP contribution is -2.19. The Kier molecular flexibility index (Phi) is 5.49. The largest absolute Gasteiger partial charge is 0.492 e. The summed E-state index contributed by atoms with van der Waals surface area (Å²) in [6, 6.07) is 8.81. The van der Waals surface area contributed by atoms with E-state index in [0.717, 1.165) is 24.8 Å². The van der Waals surface area contributed by atoms with Crippen molar-refractivity contribution in [3.05, 3.63) is 53.1 Å². The normalized spacial score (nSPS) is 10.9. The molecule has 1 amide bonds. The lowest BCUT2D eigenvalue weighted by molar-refractivity contribution is 0.0987. The molecule has 1 aromatic carbocycles. The Balaban J connectivity index is 2.07. The molecule has 0 fully saturated rings. The van der Waals surface area contributed by atoms with E-state index < -0.39 is 5.91 Å². The number of fused-ring (bicyclic) bond motifs is 1. The van der Waals surface area contributed by atoms with Crippen LogP contribution in [0.5, 0.6) is 5.75 Å². The van der Waals surface area contributed by atoms with Gasteiger partial charge in [-0.25, -0.2) is 4.98 Å². The number of imidazole rings is 1. The number of unbranched alkanes of at least 4 members (excludes halogenated alkanes) is 1. The van der Waals surface area contributed by atoms with Gasteiger partial charge in [-0.3, -0.25) is 14.6 Å². The van der Waals surface area contributed by atoms with E-state index in [-0.39, 0.29) is 12.4 Å². The molecule has 0 aliphatic rings. The second kappa shape index (κ2) is 7.99. The van der Waals surface area contributed by atoms with Gasteiger partial charge in [0.1, 0.15) is 17.7 Å². The summed E-state index contributed by atoms with van der Waals surface area (Å²) in [5.41, 5.74) is 8.79. The molecule has 27 heavy (non-hydrogen) atoms. The summed E-state index contributed by atoms with van der Waals surface area (Å²) in [4.78, 5) is 32.0. The zero-order valence-corrected chi connectivity index (χ0v) is 15.4. The van der Waals surface area contributed by atoms with Gasteiger partial charge in [-0.2, -0.15) is 0 Å². The molecule has 140 valence electrons. The third-order valence-electron chi connectivity index (χ3n) is 4.26. The molecule has 0 spiro atoms. The summed E-state index contributed by atoms with van der Waals surface area (Å²) >= 11 is 0. The molecule has 3 aromatic rings. The van der Waals surface area contributed by atoms with E-state index in [9.17, 15) is 9.59 Å². The smallest absolute Gasteiger partial charge is 0.284 e. The van der Waals surface area contributed by atoms with Crippen LogP contribution in [0.25, 0.3) is 11.0 Å². The number of ether oxygens (including phenoxy) is 1. The fourth-order valence-corrected chi connectivity index (χ4v) is 2.88. The molecule has 0 aliphatic heterocycles. The Morgan fingerprint density at radius 1 is 1.26 bits per heavy atom. The van der Waals surface area contributed by atoms with Crippen molar-refractivity contribution >= 4 is 23.2 Å². The predicted octanol–water partition coefficient (Wildman–Crippen LogP) is 2.88. The summed E-state index contributed by atoms with van der Waals surface area (Å²) in [7, 11) is 0. The number of amides is 1. The van der Waals surface area contributed by atoms with Crippen LogP contribution in [0.2, 0.25) is 0 Å². The van der Waals surface area contributed by atoms with Crippen LogP contribution in [-0.2, 0) is 6.54 Å². The lowest BCUT2D eigenvalue weighted by atomic mass is 10.2. The van der Waals surface area contributed by atoms with Crippen molar-refractivity contribution in [2.75, 3.05) is 6.61 Å². The van der Waals surface area contributed by atoms with Crippen LogP contribution in [0.4, 0.5) is 0 Å². The molecular formula is C20H22N4O3. The highest BCUT2D eigenvalue weighted by Crippen LogP contribution is 2.23. The number of pyridine rings is 1. The van der Waals surface area contributed by atoms with Gasteiger partial charge in [0, 0.05) is 11.3 Å². The third-order valence-corrected chi connectivity index (χ3v) is 4.26. The standard InChI is InChI=1S/C20H22N4O3/c1-3-4-9-27-18-8-5-13(2)22-16(18)11-24-17-10-14(12-25)6-7-15(17)23-20(24)19(21)26/h5-8,10,12H,3-4,9,11H2,1-2H3,(H2,21,26). The van der Waals surface area contributed by atoms with Gasteiger partial charge in [-0.15, -0.1) is 0 Å². The summed E-state index contributed by atoms with van der Waals surface area (Å²) in [5.74, 6) is 0.147. The molecular weight excluding hydrogens is 344 g/mol. The van der Waals surface area contributed by atoms with Crippen molar-refractivity contribution in [3.63, 3.8) is 0 Å². The molecule has 0 bridgehead atoms. The maximum Gasteiger partial charge on any atom is 0.284 e. The summed E-state index contributed by atoms with van der Waals surface area (Å²) in [6.07, 6.45) is 2.72. The topological polar surface area (TPSA) is 100 Å². The van der Waals surface area contributed by atoms with Crippen molar-refractivity contribution < 1.29 is 14.3 Å². The van der Waals surface area contributed by atoms with Gasteiger partial charge in [0.15, 0.2) is 5.82 Å². The number of benzene rings is 1. The van der Waals surface area contributed by atoms with Crippen LogP contribution >= 0.6 is 0 Å². The minimum atomic E-state index is -0.639. The highest BCUT2D eigenvalue weighted by molar-refractivity contribution is 5.95. The Morgan fingerprint density at radius 2 is 2.07 bits per heavy atom. The van der Waals surface area contributed by atoms with Crippen molar-refractivity contribution in [2.24, 2.45) is 5.73 Å². The molecule has 0 saturated heterocycles. The molecule has 7 nitrogen and oxygen atoms in total. The molecule has 2 aromatic heterocycles. The fraction of sp³-hybridized carbons (Fsp3) is 0.300. The summed E-state index contributed by atoms with van der Waals surface area (Å²) in [6.45, 7) is 4.85. The van der Waals surface area contributed by atoms with Crippen LogP contribution < -0.4 is 10.5 Å². The van der Waals surface area contributed by atoms with Gasteiger partial charge in [-0.05, 0) is 43.7 Å². The van der Waals surface area contributed by atoms with E-state index in [0.29, 0.717) is 34.6 Å². The number of carbonyl (C=O) groups excluding carboxylic acids is 2. The summed E-state index contributed by atoms with van der Waals surface area (Å²) in [5, 5.41) is 0. The first kappa shape index (κ1) is 18.6. The van der Waals surface area contributed by atoms with E-state index in [4.69, 9.17) is 10.5 Å². The van der Waals surface area contributed by atoms with Gasteiger partial charge in [0.05, 0.1) is 24.2 Å². The zero-order valence-electron chi connectivity index (χ0n) is 15.4. The van der Waals surface area contributed by atoms with Crippen LogP contribution in [0.3, 0.4) is 0 Å². The maximum atomic E-state index is 11.9. The van der Waals surface area contributed by atoms with Crippen molar-refractivity contribution in [2.45, 2.75) is 33.2 Å². The second-order valence-corrected chi connectivity index (χ2v) is 6.35. The Morgan fingerprint density at radius 3 is 2.78 bits per heavy atom. The van der Waals surface area contributed by atoms with Crippen LogP contribution in [-0.4, -0.2) is 33.3 Å². The molecule has 3 rings (SSSR count). The van der Waals surface area contributed by atoms with Gasteiger partial charge >= 0.3 is 0 Å². The van der Waals surface area contributed by atoms with Crippen molar-refractivity contribution in [1.82, 2.24) is 14.5 Å². The molecule has 0 radical (unpaired) electrons. The molecule has 0 unspecified atom stereocenters. The number of hydrogen-bond acceptors (Lipinski definition) is 5. The number of aryl methyl sites for hydroxylation is 1. The molecule has 7 heteroatoms. The quantitative estimate of drug-likeness (QED) is 0.488. The van der Waals surface area contributed by atoms with E-state index in [1.165, 1.54) is 0 Å². The number of primary amides is 1. The van der Waals surface area contributed by atoms with Crippen LogP contribution in [0, 0.1) is 6.92 Å². The van der Waals surface area contributed by atoms with Gasteiger partial charge in [0.25, 0.3) is 5.91 Å². The molecule has 0 saturated carbocycles. The molecule has 2 N–H and O–H groups in total. The highest BCUT2D eigenvalue weighted by atomic mass is 16.5. The van der Waals surface area contributed by atoms with Crippen LogP contribution in [0.15, 0.2) is 30.3 Å². The highest BCUT2D eigenvalue weighted by Gasteiger charge is 2.18. The third kappa shape index (κ3) is 3.97. The van der Waals surface area contributed by atoms with Crippen molar-refractivity contribution in [3.8, 4) is 5.75 Å². The number of aldehydes is 1. The maximum absolute atomic E-state index is 11.9. The van der Waals surface area contributed by atoms with Gasteiger partial charge in [-0.1, -0.05) is 13.3 Å². The Hall–Kier alpha value is -3.22. The van der Waals surface area contributed by atoms with Gasteiger partial charge < -0.3 is 15.0 Å². The number of rotatable bonds is 8. The van der Waals surface area contributed by atoms with E-state index >= 15 is 0 Å². The Bertz CT molecular complexity index is 994. The number of carbonyl (C=O) groups is 2. The van der Waals surface area contributed by atoms with Crippen LogP contribution in [0.1, 0.15) is 52.1 Å². The Labute approximate surface area is 157 Å². The predicted molar refractivity (Wildman–Crippen MR) is 102 cm³/mol. The first-order valence-electron chi connectivity index (χ1n) is 8.88. The number of aromatic nitrogens is 3. The van der Waals surface area contributed by atoms with Gasteiger partial charge in [0.2, 0.25) is 0 Å². The molecule has 2 heterocycles. The van der Waals surface area contributed by atoms with E-state index in [1.807, 2.05) is 19.1 Å². The average molecular weight is 366 g/mol. The average Bonchev–Trinajstić information content (AvgIpc) is 3.01. The first-order valence-corrected chi connectivity index (χ1v) is 8.88. The molecule has 0 aliphatic carbocycles. The number of nitrogens with two attached hydrogens (primary N) is 1. The number of hydrogen-bond donors (Lipinski definition) is 1. The lowest BCUT2D eigenvalue weighted by Gasteiger charge is -2.13. The zero-order chi connectivity index (χ0) is 19.4. The minimum absolute atomic E-state index is 0.121. The monoisotopic (exact) mass is 366 g/mol. The van der Waals surface area contributed by atoms with Crippen molar-refractivity contribution in [1.29, 1.82) is 0 Å². The van der Waals surface area contributed by atoms with E-state index in [2.05, 4.69) is 16.9 Å². The second-order valence-electron chi connectivity index (χ2n) is 6.35. The summed E-state index contributed by atoms with van der Waals surface area (Å²) < 4.78 is 7.55.